The highest BCUT2D eigenvalue weighted by molar-refractivity contribution is 5.11. The molecule has 0 spiro atoms. The minimum Gasteiger partial charge on any atom is -0.296 e. The van der Waals surface area contributed by atoms with E-state index >= 15 is 0 Å². The predicted molar refractivity (Wildman–Crippen MR) is 47.5 cm³/mol. The first-order chi connectivity index (χ1) is 5.77. The van der Waals surface area contributed by atoms with Crippen molar-refractivity contribution in [3.8, 4) is 6.07 Å². The second kappa shape index (κ2) is 2.74. The highest BCUT2D eigenvalue weighted by Crippen LogP contribution is 2.50. The Hall–Kier alpha value is -0.550. The van der Waals surface area contributed by atoms with Gasteiger partial charge in [0.05, 0.1) is 12.1 Å². The number of hydrogen-bond donors (Lipinski definition) is 1. The Labute approximate surface area is 74.0 Å². The molecule has 2 heteroatoms. The molecule has 2 rings (SSSR count). The molecule has 2 fully saturated rings. The second-order valence-electron chi connectivity index (χ2n) is 4.28. The zero-order valence-electron chi connectivity index (χ0n) is 7.64. The Bertz CT molecular complexity index is 208. The lowest BCUT2D eigenvalue weighted by molar-refractivity contribution is 0.207. The Morgan fingerprint density at radius 1 is 1.50 bits per heavy atom. The number of nitrogens with one attached hydrogen (secondary N) is 1. The molecule has 2 aliphatic rings. The fourth-order valence-electron chi connectivity index (χ4n) is 2.23. The van der Waals surface area contributed by atoms with Gasteiger partial charge in [-0.15, -0.1) is 0 Å². The lowest BCUT2D eigenvalue weighted by Crippen LogP contribution is -2.45. The standard InChI is InChI=1S/C10H16N2/c1-8(7-11)12-10(5-6-10)9-3-2-4-9/h8-9,12H,2-6H2,1H3. The van der Waals surface area contributed by atoms with E-state index in [-0.39, 0.29) is 6.04 Å². The van der Waals surface area contributed by atoms with Gasteiger partial charge in [0.15, 0.2) is 0 Å². The van der Waals surface area contributed by atoms with Gasteiger partial charge in [0.2, 0.25) is 0 Å². The van der Waals surface area contributed by atoms with Crippen LogP contribution < -0.4 is 5.32 Å². The van der Waals surface area contributed by atoms with Gasteiger partial charge in [-0.25, -0.2) is 0 Å². The van der Waals surface area contributed by atoms with Crippen molar-refractivity contribution in [3.63, 3.8) is 0 Å². The number of hydrogen-bond acceptors (Lipinski definition) is 2. The Balaban J connectivity index is 1.89. The van der Waals surface area contributed by atoms with E-state index in [1.165, 1.54) is 32.1 Å². The summed E-state index contributed by atoms with van der Waals surface area (Å²) < 4.78 is 0. The molecule has 0 amide bonds. The lowest BCUT2D eigenvalue weighted by atomic mass is 9.77. The molecule has 0 radical (unpaired) electrons. The van der Waals surface area contributed by atoms with E-state index in [1.807, 2.05) is 6.92 Å². The van der Waals surface area contributed by atoms with E-state index < -0.39 is 0 Å². The number of nitrogens with zero attached hydrogens (tertiary/aromatic N) is 1. The van der Waals surface area contributed by atoms with Crippen molar-refractivity contribution < 1.29 is 0 Å². The van der Waals surface area contributed by atoms with Crippen LogP contribution in [-0.4, -0.2) is 11.6 Å². The molecule has 2 saturated carbocycles. The van der Waals surface area contributed by atoms with Crippen molar-refractivity contribution in [2.45, 2.75) is 50.6 Å². The minimum atomic E-state index is 0.0353. The number of nitriles is 1. The highest BCUT2D eigenvalue weighted by atomic mass is 15.1. The molecule has 12 heavy (non-hydrogen) atoms. The SMILES string of the molecule is CC(C#N)NC1(C2CCC2)CC1. The fourth-order valence-corrected chi connectivity index (χ4v) is 2.23. The van der Waals surface area contributed by atoms with Gasteiger partial charge in [-0.3, -0.25) is 5.32 Å². The van der Waals surface area contributed by atoms with Gasteiger partial charge in [-0.1, -0.05) is 6.42 Å². The van der Waals surface area contributed by atoms with Gasteiger partial charge in [-0.05, 0) is 38.5 Å². The van der Waals surface area contributed by atoms with Crippen molar-refractivity contribution in [2.24, 2.45) is 5.92 Å². The maximum Gasteiger partial charge on any atom is 0.0928 e. The van der Waals surface area contributed by atoms with E-state index in [0.717, 1.165) is 5.92 Å². The number of rotatable bonds is 3. The molecule has 66 valence electrons. The van der Waals surface area contributed by atoms with Crippen LogP contribution in [0.4, 0.5) is 0 Å². The Kier molecular flexibility index (Phi) is 1.84. The van der Waals surface area contributed by atoms with Gasteiger partial charge in [0.25, 0.3) is 0 Å². The van der Waals surface area contributed by atoms with Crippen molar-refractivity contribution >= 4 is 0 Å². The molecule has 0 saturated heterocycles. The summed E-state index contributed by atoms with van der Waals surface area (Å²) in [5.41, 5.74) is 0.396. The zero-order chi connectivity index (χ0) is 8.60. The van der Waals surface area contributed by atoms with Crippen LogP contribution >= 0.6 is 0 Å². The van der Waals surface area contributed by atoms with E-state index in [0.29, 0.717) is 5.54 Å². The molecule has 0 aromatic carbocycles. The van der Waals surface area contributed by atoms with Crippen molar-refractivity contribution in [1.82, 2.24) is 5.32 Å². The van der Waals surface area contributed by atoms with Crippen LogP contribution in [-0.2, 0) is 0 Å². The highest BCUT2D eigenvalue weighted by Gasteiger charge is 2.51. The molecule has 1 atom stereocenters. The van der Waals surface area contributed by atoms with E-state index in [2.05, 4.69) is 11.4 Å². The van der Waals surface area contributed by atoms with Gasteiger partial charge >= 0.3 is 0 Å². The largest absolute Gasteiger partial charge is 0.296 e. The first-order valence-electron chi connectivity index (χ1n) is 4.94. The third-order valence-corrected chi connectivity index (χ3v) is 3.37. The summed E-state index contributed by atoms with van der Waals surface area (Å²) in [4.78, 5) is 0. The first kappa shape index (κ1) is 8.07. The molecule has 1 N–H and O–H groups in total. The molecular weight excluding hydrogens is 148 g/mol. The summed E-state index contributed by atoms with van der Waals surface area (Å²) in [6, 6.07) is 2.29. The third-order valence-electron chi connectivity index (χ3n) is 3.37. The molecule has 2 aliphatic carbocycles. The summed E-state index contributed by atoms with van der Waals surface area (Å²) in [6.07, 6.45) is 6.75. The monoisotopic (exact) mass is 164 g/mol. The molecule has 0 aliphatic heterocycles. The molecule has 1 unspecified atom stereocenters. The molecular formula is C10H16N2. The molecule has 0 aromatic rings. The zero-order valence-corrected chi connectivity index (χ0v) is 7.64. The van der Waals surface area contributed by atoms with Crippen LogP contribution in [0.3, 0.4) is 0 Å². The summed E-state index contributed by atoms with van der Waals surface area (Å²) in [6.45, 7) is 1.96. The van der Waals surface area contributed by atoms with Crippen LogP contribution in [0.2, 0.25) is 0 Å². The summed E-state index contributed by atoms with van der Waals surface area (Å²) in [7, 11) is 0. The molecule has 0 heterocycles. The van der Waals surface area contributed by atoms with Crippen LogP contribution in [0.5, 0.6) is 0 Å². The third kappa shape index (κ3) is 1.23. The van der Waals surface area contributed by atoms with Crippen molar-refractivity contribution in [3.05, 3.63) is 0 Å². The topological polar surface area (TPSA) is 35.8 Å². The van der Waals surface area contributed by atoms with Crippen LogP contribution in [0.25, 0.3) is 0 Å². The first-order valence-corrected chi connectivity index (χ1v) is 4.94. The van der Waals surface area contributed by atoms with Crippen LogP contribution in [0.15, 0.2) is 0 Å². The molecule has 2 nitrogen and oxygen atoms in total. The van der Waals surface area contributed by atoms with Crippen molar-refractivity contribution in [2.75, 3.05) is 0 Å². The van der Waals surface area contributed by atoms with Gasteiger partial charge in [0, 0.05) is 5.54 Å². The van der Waals surface area contributed by atoms with Gasteiger partial charge < -0.3 is 0 Å². The normalized spacial score (nSPS) is 28.7. The van der Waals surface area contributed by atoms with Crippen LogP contribution in [0.1, 0.15) is 39.0 Å². The maximum absolute atomic E-state index is 8.69. The van der Waals surface area contributed by atoms with Crippen molar-refractivity contribution in [1.29, 1.82) is 5.26 Å². The smallest absolute Gasteiger partial charge is 0.0928 e. The Morgan fingerprint density at radius 3 is 2.50 bits per heavy atom. The van der Waals surface area contributed by atoms with E-state index in [1.54, 1.807) is 0 Å². The summed E-state index contributed by atoms with van der Waals surface area (Å²) >= 11 is 0. The van der Waals surface area contributed by atoms with Crippen LogP contribution in [0, 0.1) is 17.2 Å². The quantitative estimate of drug-likeness (QED) is 0.690. The Morgan fingerprint density at radius 2 is 2.17 bits per heavy atom. The molecule has 0 aromatic heterocycles. The fraction of sp³-hybridized carbons (Fsp3) is 0.900. The molecule has 0 bridgehead atoms. The lowest BCUT2D eigenvalue weighted by Gasteiger charge is -2.35. The van der Waals surface area contributed by atoms with Gasteiger partial charge in [-0.2, -0.15) is 5.26 Å². The second-order valence-corrected chi connectivity index (χ2v) is 4.28. The minimum absolute atomic E-state index is 0.0353. The average Bonchev–Trinajstić information content (AvgIpc) is 2.65. The average molecular weight is 164 g/mol. The predicted octanol–water partition coefficient (Wildman–Crippen LogP) is 1.82. The van der Waals surface area contributed by atoms with E-state index in [9.17, 15) is 0 Å². The summed E-state index contributed by atoms with van der Waals surface area (Å²) in [5.74, 6) is 0.883. The summed E-state index contributed by atoms with van der Waals surface area (Å²) in [5, 5.41) is 12.1. The van der Waals surface area contributed by atoms with Gasteiger partial charge in [0.1, 0.15) is 0 Å². The maximum atomic E-state index is 8.69. The van der Waals surface area contributed by atoms with E-state index in [4.69, 9.17) is 5.26 Å².